The van der Waals surface area contributed by atoms with Crippen molar-refractivity contribution in [2.45, 2.75) is 46.1 Å². The summed E-state index contributed by atoms with van der Waals surface area (Å²) < 4.78 is 5.37. The van der Waals surface area contributed by atoms with Crippen LogP contribution in [0.2, 0.25) is 0 Å². The third-order valence-corrected chi connectivity index (χ3v) is 3.46. The number of hydrogen-bond acceptors (Lipinski definition) is 2. The molecule has 0 spiro atoms. The Labute approximate surface area is 88.4 Å². The van der Waals surface area contributed by atoms with Gasteiger partial charge in [-0.3, -0.25) is 0 Å². The normalized spacial score (nSPS) is 23.4. The van der Waals surface area contributed by atoms with E-state index in [1.807, 2.05) is 0 Å². The first-order valence-corrected chi connectivity index (χ1v) is 6.05. The van der Waals surface area contributed by atoms with E-state index in [1.165, 1.54) is 19.3 Å². The first-order chi connectivity index (χ1) is 6.74. The molecule has 1 heterocycles. The molecule has 2 nitrogen and oxygen atoms in total. The Morgan fingerprint density at radius 1 is 1.29 bits per heavy atom. The zero-order valence-electron chi connectivity index (χ0n) is 9.88. The van der Waals surface area contributed by atoms with Crippen LogP contribution in [0.3, 0.4) is 0 Å². The van der Waals surface area contributed by atoms with Gasteiger partial charge >= 0.3 is 0 Å². The average molecular weight is 199 g/mol. The minimum Gasteiger partial charge on any atom is -0.381 e. The molecule has 0 aromatic heterocycles. The molecule has 1 aliphatic heterocycles. The molecule has 84 valence electrons. The van der Waals surface area contributed by atoms with Crippen LogP contribution in [-0.2, 0) is 4.74 Å². The highest BCUT2D eigenvalue weighted by atomic mass is 16.5. The molecule has 1 N–H and O–H groups in total. The lowest BCUT2D eigenvalue weighted by Gasteiger charge is -2.29. The van der Waals surface area contributed by atoms with Gasteiger partial charge in [0.25, 0.3) is 0 Å². The van der Waals surface area contributed by atoms with Crippen LogP contribution in [0.25, 0.3) is 0 Å². The maximum atomic E-state index is 5.37. The Morgan fingerprint density at radius 2 is 1.93 bits per heavy atom. The molecule has 0 aromatic carbocycles. The Hall–Kier alpha value is -0.0800. The summed E-state index contributed by atoms with van der Waals surface area (Å²) in [5.41, 5.74) is 0. The van der Waals surface area contributed by atoms with Crippen molar-refractivity contribution in [1.29, 1.82) is 0 Å². The maximum absolute atomic E-state index is 5.37. The molecule has 0 aromatic rings. The monoisotopic (exact) mass is 199 g/mol. The lowest BCUT2D eigenvalue weighted by Crippen LogP contribution is -2.38. The minimum absolute atomic E-state index is 0.660. The van der Waals surface area contributed by atoms with Crippen LogP contribution in [0.15, 0.2) is 0 Å². The highest BCUT2D eigenvalue weighted by Crippen LogP contribution is 2.18. The molecule has 1 aliphatic rings. The first kappa shape index (κ1) is 12.0. The zero-order valence-corrected chi connectivity index (χ0v) is 9.88. The van der Waals surface area contributed by atoms with Crippen molar-refractivity contribution in [2.75, 3.05) is 19.8 Å². The lowest BCUT2D eigenvalue weighted by atomic mass is 9.92. The quantitative estimate of drug-likeness (QED) is 0.734. The number of ether oxygens (including phenoxy) is 1. The van der Waals surface area contributed by atoms with Crippen LogP contribution in [0, 0.1) is 11.8 Å². The van der Waals surface area contributed by atoms with E-state index in [0.29, 0.717) is 6.04 Å². The van der Waals surface area contributed by atoms with Crippen molar-refractivity contribution in [3.8, 4) is 0 Å². The van der Waals surface area contributed by atoms with Gasteiger partial charge in [0.1, 0.15) is 0 Å². The average Bonchev–Trinajstić information content (AvgIpc) is 2.26. The van der Waals surface area contributed by atoms with Gasteiger partial charge in [-0.25, -0.2) is 0 Å². The van der Waals surface area contributed by atoms with E-state index in [-0.39, 0.29) is 0 Å². The SMILES string of the molecule is CCC(C)CNC(C)C1CCOCC1. The predicted molar refractivity (Wildman–Crippen MR) is 60.5 cm³/mol. The van der Waals surface area contributed by atoms with Crippen LogP contribution in [0.1, 0.15) is 40.0 Å². The van der Waals surface area contributed by atoms with E-state index >= 15 is 0 Å². The molecule has 0 aliphatic carbocycles. The van der Waals surface area contributed by atoms with Crippen molar-refractivity contribution in [2.24, 2.45) is 11.8 Å². The molecular formula is C12H25NO. The van der Waals surface area contributed by atoms with Gasteiger partial charge < -0.3 is 10.1 Å². The van der Waals surface area contributed by atoms with E-state index in [1.54, 1.807) is 0 Å². The summed E-state index contributed by atoms with van der Waals surface area (Å²) in [5.74, 6) is 1.63. The minimum atomic E-state index is 0.660. The summed E-state index contributed by atoms with van der Waals surface area (Å²) in [7, 11) is 0. The topological polar surface area (TPSA) is 21.3 Å². The predicted octanol–water partition coefficient (Wildman–Crippen LogP) is 2.44. The maximum Gasteiger partial charge on any atom is 0.0469 e. The van der Waals surface area contributed by atoms with Crippen molar-refractivity contribution in [3.05, 3.63) is 0 Å². The van der Waals surface area contributed by atoms with Crippen LogP contribution in [0.5, 0.6) is 0 Å². The van der Waals surface area contributed by atoms with Crippen molar-refractivity contribution < 1.29 is 4.74 Å². The zero-order chi connectivity index (χ0) is 10.4. The third kappa shape index (κ3) is 3.97. The van der Waals surface area contributed by atoms with Crippen LogP contribution >= 0.6 is 0 Å². The molecule has 0 amide bonds. The Bertz CT molecular complexity index is 143. The van der Waals surface area contributed by atoms with Crippen molar-refractivity contribution >= 4 is 0 Å². The van der Waals surface area contributed by atoms with E-state index in [0.717, 1.165) is 31.6 Å². The smallest absolute Gasteiger partial charge is 0.0469 e. The number of nitrogens with one attached hydrogen (secondary N) is 1. The molecule has 1 rings (SSSR count). The fourth-order valence-electron chi connectivity index (χ4n) is 1.91. The summed E-state index contributed by atoms with van der Waals surface area (Å²) >= 11 is 0. The van der Waals surface area contributed by atoms with Gasteiger partial charge in [-0.15, -0.1) is 0 Å². The third-order valence-electron chi connectivity index (χ3n) is 3.46. The summed E-state index contributed by atoms with van der Waals surface area (Å²) in [5, 5.41) is 3.65. The highest BCUT2D eigenvalue weighted by molar-refractivity contribution is 4.75. The fourth-order valence-corrected chi connectivity index (χ4v) is 1.91. The van der Waals surface area contributed by atoms with Crippen LogP contribution in [0.4, 0.5) is 0 Å². The molecule has 2 atom stereocenters. The second-order valence-corrected chi connectivity index (χ2v) is 4.66. The number of rotatable bonds is 5. The molecule has 1 fully saturated rings. The second-order valence-electron chi connectivity index (χ2n) is 4.66. The highest BCUT2D eigenvalue weighted by Gasteiger charge is 2.19. The van der Waals surface area contributed by atoms with Gasteiger partial charge in [-0.05, 0) is 38.1 Å². The summed E-state index contributed by atoms with van der Waals surface area (Å²) in [6.45, 7) is 9.96. The molecule has 0 radical (unpaired) electrons. The van der Waals surface area contributed by atoms with Gasteiger partial charge in [-0.1, -0.05) is 20.3 Å². The standard InChI is InChI=1S/C12H25NO/c1-4-10(2)9-13-11(3)12-5-7-14-8-6-12/h10-13H,4-9H2,1-3H3. The summed E-state index contributed by atoms with van der Waals surface area (Å²) in [4.78, 5) is 0. The Kier molecular flexibility index (Phi) is 5.49. The van der Waals surface area contributed by atoms with E-state index < -0.39 is 0 Å². The molecule has 0 saturated carbocycles. The van der Waals surface area contributed by atoms with E-state index in [9.17, 15) is 0 Å². The van der Waals surface area contributed by atoms with Crippen LogP contribution < -0.4 is 5.32 Å². The van der Waals surface area contributed by atoms with Gasteiger partial charge in [0.2, 0.25) is 0 Å². The molecule has 1 saturated heterocycles. The summed E-state index contributed by atoms with van der Waals surface area (Å²) in [6.07, 6.45) is 3.73. The molecule has 14 heavy (non-hydrogen) atoms. The van der Waals surface area contributed by atoms with Gasteiger partial charge in [-0.2, -0.15) is 0 Å². The van der Waals surface area contributed by atoms with Crippen molar-refractivity contribution in [3.63, 3.8) is 0 Å². The molecule has 2 unspecified atom stereocenters. The number of hydrogen-bond donors (Lipinski definition) is 1. The fraction of sp³-hybridized carbons (Fsp3) is 1.00. The molecule has 2 heteroatoms. The van der Waals surface area contributed by atoms with E-state index in [2.05, 4.69) is 26.1 Å². The Morgan fingerprint density at radius 3 is 2.50 bits per heavy atom. The molecule has 0 bridgehead atoms. The van der Waals surface area contributed by atoms with Crippen molar-refractivity contribution in [1.82, 2.24) is 5.32 Å². The van der Waals surface area contributed by atoms with Crippen LogP contribution in [-0.4, -0.2) is 25.8 Å². The Balaban J connectivity index is 2.16. The molecular weight excluding hydrogens is 174 g/mol. The van der Waals surface area contributed by atoms with E-state index in [4.69, 9.17) is 4.74 Å². The largest absolute Gasteiger partial charge is 0.381 e. The van der Waals surface area contributed by atoms with Gasteiger partial charge in [0, 0.05) is 19.3 Å². The lowest BCUT2D eigenvalue weighted by molar-refractivity contribution is 0.0555. The first-order valence-electron chi connectivity index (χ1n) is 6.05. The van der Waals surface area contributed by atoms with Gasteiger partial charge in [0.15, 0.2) is 0 Å². The summed E-state index contributed by atoms with van der Waals surface area (Å²) in [6, 6.07) is 0.660. The second kappa shape index (κ2) is 6.41. The van der Waals surface area contributed by atoms with Gasteiger partial charge in [0.05, 0.1) is 0 Å².